The van der Waals surface area contributed by atoms with Crippen LogP contribution in [-0.2, 0) is 13.0 Å². The lowest BCUT2D eigenvalue weighted by atomic mass is 9.91. The molecule has 0 saturated carbocycles. The van der Waals surface area contributed by atoms with Crippen LogP contribution in [0.15, 0.2) is 61.1 Å². The largest absolute Gasteiger partial charge is 0.356 e. The van der Waals surface area contributed by atoms with Gasteiger partial charge in [0.1, 0.15) is 11.5 Å². The fourth-order valence-electron chi connectivity index (χ4n) is 6.07. The first-order valence-corrected chi connectivity index (χ1v) is 13.4. The van der Waals surface area contributed by atoms with E-state index in [1.165, 1.54) is 24.1 Å². The van der Waals surface area contributed by atoms with E-state index in [1.807, 2.05) is 12.4 Å². The van der Waals surface area contributed by atoms with Crippen LogP contribution < -0.4 is 4.90 Å². The van der Waals surface area contributed by atoms with Gasteiger partial charge in [-0.15, -0.1) is 0 Å². The van der Waals surface area contributed by atoms with Gasteiger partial charge in [0, 0.05) is 43.8 Å². The molecule has 1 unspecified atom stereocenters. The van der Waals surface area contributed by atoms with E-state index in [0.29, 0.717) is 6.04 Å². The second-order valence-electron chi connectivity index (χ2n) is 10.9. The zero-order valence-electron chi connectivity index (χ0n) is 21.6. The van der Waals surface area contributed by atoms with E-state index in [4.69, 9.17) is 15.0 Å². The molecule has 1 fully saturated rings. The lowest BCUT2D eigenvalue weighted by molar-refractivity contribution is 0.207. The first-order chi connectivity index (χ1) is 17.6. The summed E-state index contributed by atoms with van der Waals surface area (Å²) < 4.78 is 2.21. The van der Waals surface area contributed by atoms with Gasteiger partial charge in [-0.2, -0.15) is 0 Å². The summed E-state index contributed by atoms with van der Waals surface area (Å²) in [5.41, 5.74) is 6.92. The van der Waals surface area contributed by atoms with Gasteiger partial charge in [0.15, 0.2) is 0 Å². The van der Waals surface area contributed by atoms with E-state index in [0.717, 1.165) is 72.7 Å². The van der Waals surface area contributed by atoms with Crippen molar-refractivity contribution in [1.82, 2.24) is 24.3 Å². The molecule has 0 amide bonds. The zero-order chi connectivity index (χ0) is 24.6. The number of pyridine rings is 3. The van der Waals surface area contributed by atoms with Crippen molar-refractivity contribution in [3.8, 4) is 11.3 Å². The molecule has 2 atom stereocenters. The number of aromatic nitrogens is 4. The molecule has 4 aromatic rings. The van der Waals surface area contributed by atoms with Gasteiger partial charge in [-0.25, -0.2) is 9.97 Å². The van der Waals surface area contributed by atoms with Crippen molar-refractivity contribution in [3.63, 3.8) is 0 Å². The predicted molar refractivity (Wildman–Crippen MR) is 145 cm³/mol. The normalized spacial score (nSPS) is 20.0. The third-order valence-corrected chi connectivity index (χ3v) is 8.21. The molecule has 6 nitrogen and oxygen atoms in total. The molecular weight excluding hydrogens is 444 g/mol. The summed E-state index contributed by atoms with van der Waals surface area (Å²) in [4.78, 5) is 19.6. The summed E-state index contributed by atoms with van der Waals surface area (Å²) in [7, 11) is 2.21. The number of fused-ring (bicyclic) bond motifs is 2. The molecule has 1 aliphatic heterocycles. The van der Waals surface area contributed by atoms with E-state index >= 15 is 0 Å². The highest BCUT2D eigenvalue weighted by Crippen LogP contribution is 2.35. The number of anilines is 1. The summed E-state index contributed by atoms with van der Waals surface area (Å²) in [5.74, 6) is 2.56. The lowest BCUT2D eigenvalue weighted by Crippen LogP contribution is -2.28. The van der Waals surface area contributed by atoms with Crippen molar-refractivity contribution in [3.05, 3.63) is 78.0 Å². The number of hydrogen-bond donors (Lipinski definition) is 0. The SMILES string of the molecule is CC(C)C1CCN(c2ccc(-c3c(CN(C)[C@H]4CCCc5cccnc54)nc4ccccn34)cn2)C1. The Labute approximate surface area is 214 Å². The Hall–Kier alpha value is -3.25. The summed E-state index contributed by atoms with van der Waals surface area (Å²) >= 11 is 0. The van der Waals surface area contributed by atoms with Crippen LogP contribution in [0.25, 0.3) is 16.9 Å². The van der Waals surface area contributed by atoms with Crippen LogP contribution in [0.4, 0.5) is 5.82 Å². The maximum Gasteiger partial charge on any atom is 0.137 e. The Morgan fingerprint density at radius 2 is 1.97 bits per heavy atom. The van der Waals surface area contributed by atoms with Gasteiger partial charge in [-0.3, -0.25) is 14.3 Å². The molecule has 0 spiro atoms. The summed E-state index contributed by atoms with van der Waals surface area (Å²) in [6.45, 7) is 7.62. The summed E-state index contributed by atoms with van der Waals surface area (Å²) in [5, 5.41) is 0. The molecule has 2 aliphatic rings. The zero-order valence-corrected chi connectivity index (χ0v) is 21.6. The van der Waals surface area contributed by atoms with Crippen LogP contribution >= 0.6 is 0 Å². The van der Waals surface area contributed by atoms with Gasteiger partial charge in [0.2, 0.25) is 0 Å². The Morgan fingerprint density at radius 1 is 1.06 bits per heavy atom. The minimum Gasteiger partial charge on any atom is -0.356 e. The van der Waals surface area contributed by atoms with Crippen molar-refractivity contribution in [2.24, 2.45) is 11.8 Å². The highest BCUT2D eigenvalue weighted by atomic mass is 15.2. The second kappa shape index (κ2) is 9.66. The average Bonchev–Trinajstić information content (AvgIpc) is 3.54. The molecule has 5 heterocycles. The molecular formula is C30H36N6. The highest BCUT2D eigenvalue weighted by molar-refractivity contribution is 5.67. The van der Waals surface area contributed by atoms with Crippen LogP contribution in [0.3, 0.4) is 0 Å². The van der Waals surface area contributed by atoms with Gasteiger partial charge in [-0.05, 0) is 80.5 Å². The van der Waals surface area contributed by atoms with Gasteiger partial charge in [0.25, 0.3) is 0 Å². The Kier molecular flexibility index (Phi) is 6.22. The Balaban J connectivity index is 1.30. The topological polar surface area (TPSA) is 49.6 Å². The van der Waals surface area contributed by atoms with Crippen molar-refractivity contribution >= 4 is 11.5 Å². The first-order valence-electron chi connectivity index (χ1n) is 13.4. The van der Waals surface area contributed by atoms with Gasteiger partial charge in [-0.1, -0.05) is 26.0 Å². The Morgan fingerprint density at radius 3 is 2.78 bits per heavy atom. The van der Waals surface area contributed by atoms with Gasteiger partial charge >= 0.3 is 0 Å². The summed E-state index contributed by atoms with van der Waals surface area (Å²) in [6.07, 6.45) is 10.8. The Bertz CT molecular complexity index is 1340. The number of aryl methyl sites for hydroxylation is 1. The third-order valence-electron chi connectivity index (χ3n) is 8.21. The molecule has 0 N–H and O–H groups in total. The van der Waals surface area contributed by atoms with Crippen molar-refractivity contribution in [2.45, 2.75) is 52.1 Å². The molecule has 0 radical (unpaired) electrons. The highest BCUT2D eigenvalue weighted by Gasteiger charge is 2.28. The number of rotatable bonds is 6. The molecule has 6 heteroatoms. The fourth-order valence-corrected chi connectivity index (χ4v) is 6.07. The molecule has 6 rings (SSSR count). The maximum atomic E-state index is 5.07. The first kappa shape index (κ1) is 23.2. The van der Waals surface area contributed by atoms with E-state index in [9.17, 15) is 0 Å². The maximum absolute atomic E-state index is 5.07. The summed E-state index contributed by atoms with van der Waals surface area (Å²) in [6, 6.07) is 15.2. The van der Waals surface area contributed by atoms with E-state index < -0.39 is 0 Å². The average molecular weight is 481 g/mol. The number of hydrogen-bond acceptors (Lipinski definition) is 5. The molecule has 0 aromatic carbocycles. The quantitative estimate of drug-likeness (QED) is 0.350. The number of nitrogens with zero attached hydrogens (tertiary/aromatic N) is 6. The predicted octanol–water partition coefficient (Wildman–Crippen LogP) is 5.78. The minimum absolute atomic E-state index is 0.317. The molecule has 4 aromatic heterocycles. The number of imidazole rings is 1. The van der Waals surface area contributed by atoms with E-state index in [2.05, 4.69) is 83.8 Å². The monoisotopic (exact) mass is 480 g/mol. The van der Waals surface area contributed by atoms with Gasteiger partial charge < -0.3 is 4.90 Å². The standard InChI is InChI=1S/C30H36N6/c1-21(2)24-14-17-35(19-24)27-13-12-23(18-32-27)30-25(33-28-11-4-5-16-36(28)30)20-34(3)26-10-6-8-22-9-7-15-31-29(22)26/h4-5,7,9,11-13,15-16,18,21,24,26H,6,8,10,14,17,19-20H2,1-3H3/t24?,26-/m0/s1. The smallest absolute Gasteiger partial charge is 0.137 e. The van der Waals surface area contributed by atoms with Crippen molar-refractivity contribution in [1.29, 1.82) is 0 Å². The minimum atomic E-state index is 0.317. The van der Waals surface area contributed by atoms with Crippen LogP contribution in [0, 0.1) is 11.8 Å². The molecule has 1 aliphatic carbocycles. The van der Waals surface area contributed by atoms with Crippen LogP contribution in [0.1, 0.15) is 56.1 Å². The van der Waals surface area contributed by atoms with E-state index in [-0.39, 0.29) is 0 Å². The second-order valence-corrected chi connectivity index (χ2v) is 10.9. The fraction of sp³-hybridized carbons (Fsp3) is 0.433. The molecule has 186 valence electrons. The molecule has 0 bridgehead atoms. The lowest BCUT2D eigenvalue weighted by Gasteiger charge is -2.32. The molecule has 36 heavy (non-hydrogen) atoms. The third kappa shape index (κ3) is 4.28. The van der Waals surface area contributed by atoms with Crippen molar-refractivity contribution in [2.75, 3.05) is 25.0 Å². The van der Waals surface area contributed by atoms with Crippen LogP contribution in [-0.4, -0.2) is 44.4 Å². The van der Waals surface area contributed by atoms with Crippen molar-refractivity contribution < 1.29 is 0 Å². The molecule has 1 saturated heterocycles. The van der Waals surface area contributed by atoms with Gasteiger partial charge in [0.05, 0.1) is 23.1 Å². The van der Waals surface area contributed by atoms with E-state index in [1.54, 1.807) is 0 Å². The van der Waals surface area contributed by atoms with Crippen LogP contribution in [0.2, 0.25) is 0 Å². The van der Waals surface area contributed by atoms with Crippen LogP contribution in [0.5, 0.6) is 0 Å².